The molecule has 19 heavy (non-hydrogen) atoms. The van der Waals surface area contributed by atoms with E-state index in [2.05, 4.69) is 36.2 Å². The molecule has 0 spiro atoms. The summed E-state index contributed by atoms with van der Waals surface area (Å²) < 4.78 is 5.93. The minimum atomic E-state index is 0.957. The second-order valence-corrected chi connectivity index (χ2v) is 5.22. The normalized spacial score (nSPS) is 10.9. The SMILES string of the molecule is CCCCCCc1ccc(-c2cc(C)nc(C)c2)o1. The average Bonchev–Trinajstić information content (AvgIpc) is 2.82. The standard InChI is InChI=1S/C17H23NO/c1-4-5-6-7-8-16-9-10-17(19-16)15-11-13(2)18-14(3)12-15/h9-12H,4-8H2,1-3H3. The Morgan fingerprint density at radius 1 is 1.00 bits per heavy atom. The second-order valence-electron chi connectivity index (χ2n) is 5.22. The maximum absolute atomic E-state index is 5.93. The maximum Gasteiger partial charge on any atom is 0.134 e. The van der Waals surface area contributed by atoms with Gasteiger partial charge < -0.3 is 4.42 Å². The number of aromatic nitrogens is 1. The number of rotatable bonds is 6. The lowest BCUT2D eigenvalue weighted by atomic mass is 10.1. The highest BCUT2D eigenvalue weighted by atomic mass is 16.3. The first kappa shape index (κ1) is 13.9. The Morgan fingerprint density at radius 2 is 1.74 bits per heavy atom. The van der Waals surface area contributed by atoms with Crippen molar-refractivity contribution in [3.63, 3.8) is 0 Å². The smallest absolute Gasteiger partial charge is 0.134 e. The molecule has 2 aromatic rings. The Bertz CT molecular complexity index is 508. The molecule has 2 heterocycles. The molecule has 2 heteroatoms. The average molecular weight is 257 g/mol. The Hall–Kier alpha value is -1.57. The van der Waals surface area contributed by atoms with E-state index in [4.69, 9.17) is 4.42 Å². The molecule has 0 aromatic carbocycles. The molecule has 0 aliphatic heterocycles. The van der Waals surface area contributed by atoms with Gasteiger partial charge in [-0.15, -0.1) is 0 Å². The third-order valence-corrected chi connectivity index (χ3v) is 3.30. The van der Waals surface area contributed by atoms with Crippen LogP contribution < -0.4 is 0 Å². The number of hydrogen-bond donors (Lipinski definition) is 0. The van der Waals surface area contributed by atoms with Crippen LogP contribution in [0.1, 0.15) is 49.8 Å². The van der Waals surface area contributed by atoms with Gasteiger partial charge in [0.2, 0.25) is 0 Å². The molecular weight excluding hydrogens is 234 g/mol. The molecule has 0 amide bonds. The number of pyridine rings is 1. The monoisotopic (exact) mass is 257 g/mol. The van der Waals surface area contributed by atoms with Gasteiger partial charge >= 0.3 is 0 Å². The van der Waals surface area contributed by atoms with Gasteiger partial charge in [0.25, 0.3) is 0 Å². The fourth-order valence-electron chi connectivity index (χ4n) is 2.37. The molecule has 0 bridgehead atoms. The number of aryl methyl sites for hydroxylation is 3. The lowest BCUT2D eigenvalue weighted by Gasteiger charge is -2.01. The van der Waals surface area contributed by atoms with Crippen LogP contribution in [0.5, 0.6) is 0 Å². The summed E-state index contributed by atoms with van der Waals surface area (Å²) >= 11 is 0. The summed E-state index contributed by atoms with van der Waals surface area (Å²) in [5.74, 6) is 2.05. The first-order valence-electron chi connectivity index (χ1n) is 7.23. The minimum absolute atomic E-state index is 0.957. The van der Waals surface area contributed by atoms with E-state index in [0.29, 0.717) is 0 Å². The molecule has 0 fully saturated rings. The highest BCUT2D eigenvalue weighted by molar-refractivity contribution is 5.58. The molecule has 0 aliphatic carbocycles. The fourth-order valence-corrected chi connectivity index (χ4v) is 2.37. The van der Waals surface area contributed by atoms with Crippen LogP contribution in [0, 0.1) is 13.8 Å². The summed E-state index contributed by atoms with van der Waals surface area (Å²) in [6.07, 6.45) is 6.15. The highest BCUT2D eigenvalue weighted by Crippen LogP contribution is 2.24. The van der Waals surface area contributed by atoms with Crippen LogP contribution >= 0.6 is 0 Å². The summed E-state index contributed by atoms with van der Waals surface area (Å²) in [4.78, 5) is 4.39. The fraction of sp³-hybridized carbons (Fsp3) is 0.471. The molecular formula is C17H23NO. The molecule has 0 aliphatic rings. The lowest BCUT2D eigenvalue weighted by molar-refractivity contribution is 0.505. The summed E-state index contributed by atoms with van der Waals surface area (Å²) in [5.41, 5.74) is 3.21. The van der Waals surface area contributed by atoms with Crippen LogP contribution in [0.2, 0.25) is 0 Å². The van der Waals surface area contributed by atoms with Gasteiger partial charge in [-0.25, -0.2) is 0 Å². The molecule has 0 radical (unpaired) electrons. The molecule has 0 atom stereocenters. The number of furan rings is 1. The largest absolute Gasteiger partial charge is 0.461 e. The highest BCUT2D eigenvalue weighted by Gasteiger charge is 2.06. The van der Waals surface area contributed by atoms with Gasteiger partial charge in [-0.2, -0.15) is 0 Å². The van der Waals surface area contributed by atoms with Crippen molar-refractivity contribution in [2.45, 2.75) is 52.9 Å². The summed E-state index contributed by atoms with van der Waals surface area (Å²) in [6.45, 7) is 6.27. The van der Waals surface area contributed by atoms with E-state index >= 15 is 0 Å². The second kappa shape index (κ2) is 6.55. The van der Waals surface area contributed by atoms with Crippen LogP contribution in [-0.2, 0) is 6.42 Å². The predicted molar refractivity (Wildman–Crippen MR) is 79.3 cm³/mol. The van der Waals surface area contributed by atoms with Gasteiger partial charge in [0.15, 0.2) is 0 Å². The van der Waals surface area contributed by atoms with Crippen LogP contribution in [-0.4, -0.2) is 4.98 Å². The van der Waals surface area contributed by atoms with E-state index in [1.807, 2.05) is 13.8 Å². The van der Waals surface area contributed by atoms with Gasteiger partial charge in [0.1, 0.15) is 11.5 Å². The third-order valence-electron chi connectivity index (χ3n) is 3.30. The molecule has 2 nitrogen and oxygen atoms in total. The van der Waals surface area contributed by atoms with Gasteiger partial charge in [0, 0.05) is 23.4 Å². The Morgan fingerprint density at radius 3 is 2.42 bits per heavy atom. The van der Waals surface area contributed by atoms with Crippen molar-refractivity contribution in [2.24, 2.45) is 0 Å². The quantitative estimate of drug-likeness (QED) is 0.674. The third kappa shape index (κ3) is 3.95. The molecule has 0 N–H and O–H groups in total. The topological polar surface area (TPSA) is 26.0 Å². The zero-order valence-electron chi connectivity index (χ0n) is 12.2. The Kier molecular flexibility index (Phi) is 4.78. The van der Waals surface area contributed by atoms with E-state index in [0.717, 1.165) is 34.9 Å². The maximum atomic E-state index is 5.93. The van der Waals surface area contributed by atoms with Crippen molar-refractivity contribution in [2.75, 3.05) is 0 Å². The minimum Gasteiger partial charge on any atom is -0.461 e. The van der Waals surface area contributed by atoms with Crippen LogP contribution in [0.4, 0.5) is 0 Å². The Balaban J connectivity index is 2.03. The molecule has 102 valence electrons. The summed E-state index contributed by atoms with van der Waals surface area (Å²) in [6, 6.07) is 8.33. The van der Waals surface area contributed by atoms with Gasteiger partial charge in [0.05, 0.1) is 0 Å². The van der Waals surface area contributed by atoms with E-state index < -0.39 is 0 Å². The molecule has 2 rings (SSSR count). The van der Waals surface area contributed by atoms with Crippen LogP contribution in [0.25, 0.3) is 11.3 Å². The Labute approximate surface area is 115 Å². The molecule has 0 unspecified atom stereocenters. The van der Waals surface area contributed by atoms with Crippen molar-refractivity contribution in [3.05, 3.63) is 41.4 Å². The van der Waals surface area contributed by atoms with E-state index in [9.17, 15) is 0 Å². The zero-order chi connectivity index (χ0) is 13.7. The van der Waals surface area contributed by atoms with Crippen LogP contribution in [0.3, 0.4) is 0 Å². The lowest BCUT2D eigenvalue weighted by Crippen LogP contribution is -1.87. The first-order chi connectivity index (χ1) is 9.19. The number of unbranched alkanes of at least 4 members (excludes halogenated alkanes) is 3. The summed E-state index contributed by atoms with van der Waals surface area (Å²) in [7, 11) is 0. The van der Waals surface area contributed by atoms with Crippen molar-refractivity contribution in [1.29, 1.82) is 0 Å². The molecule has 0 saturated carbocycles. The van der Waals surface area contributed by atoms with Crippen molar-refractivity contribution in [3.8, 4) is 11.3 Å². The molecule has 2 aromatic heterocycles. The predicted octanol–water partition coefficient (Wildman–Crippen LogP) is 5.08. The van der Waals surface area contributed by atoms with Crippen molar-refractivity contribution in [1.82, 2.24) is 4.98 Å². The van der Waals surface area contributed by atoms with Gasteiger partial charge in [-0.1, -0.05) is 26.2 Å². The number of nitrogens with zero attached hydrogens (tertiary/aromatic N) is 1. The summed E-state index contributed by atoms with van der Waals surface area (Å²) in [5, 5.41) is 0. The first-order valence-corrected chi connectivity index (χ1v) is 7.23. The van der Waals surface area contributed by atoms with Crippen molar-refractivity contribution < 1.29 is 4.42 Å². The van der Waals surface area contributed by atoms with E-state index in [1.54, 1.807) is 0 Å². The van der Waals surface area contributed by atoms with Gasteiger partial charge in [-0.3, -0.25) is 4.98 Å². The van der Waals surface area contributed by atoms with E-state index in [1.165, 1.54) is 25.7 Å². The molecule has 0 saturated heterocycles. The zero-order valence-corrected chi connectivity index (χ0v) is 12.2. The van der Waals surface area contributed by atoms with E-state index in [-0.39, 0.29) is 0 Å². The van der Waals surface area contributed by atoms with Gasteiger partial charge in [-0.05, 0) is 44.5 Å². The van der Waals surface area contributed by atoms with Crippen LogP contribution in [0.15, 0.2) is 28.7 Å². The number of hydrogen-bond acceptors (Lipinski definition) is 2. The van der Waals surface area contributed by atoms with Crippen molar-refractivity contribution >= 4 is 0 Å².